The number of thiophene rings is 1. The lowest BCUT2D eigenvalue weighted by Gasteiger charge is -2.25. The summed E-state index contributed by atoms with van der Waals surface area (Å²) in [5.41, 5.74) is 3.07. The van der Waals surface area contributed by atoms with Crippen LogP contribution in [-0.2, 0) is 6.42 Å². The van der Waals surface area contributed by atoms with Crippen molar-refractivity contribution in [3.63, 3.8) is 0 Å². The van der Waals surface area contributed by atoms with E-state index >= 15 is 0 Å². The summed E-state index contributed by atoms with van der Waals surface area (Å²) in [5, 5.41) is 7.01. The molecular formula is C13H15NS. The van der Waals surface area contributed by atoms with Crippen LogP contribution in [0.5, 0.6) is 0 Å². The lowest BCUT2D eigenvalue weighted by molar-refractivity contribution is 0.497. The third-order valence-electron chi connectivity index (χ3n) is 3.38. The van der Waals surface area contributed by atoms with Gasteiger partial charge in [-0.1, -0.05) is 0 Å². The number of benzene rings is 1. The maximum atomic E-state index is 3.42. The fourth-order valence-electron chi connectivity index (χ4n) is 2.56. The molecule has 1 aromatic heterocycles. The Labute approximate surface area is 94.1 Å². The van der Waals surface area contributed by atoms with Gasteiger partial charge in [0.05, 0.1) is 0 Å². The summed E-state index contributed by atoms with van der Waals surface area (Å²) in [6.45, 7) is 0. The highest BCUT2D eigenvalue weighted by atomic mass is 32.1. The van der Waals surface area contributed by atoms with Gasteiger partial charge >= 0.3 is 0 Å². The predicted molar refractivity (Wildman–Crippen MR) is 66.6 cm³/mol. The standard InChI is InChI=1S/C13H15NS/c1-14-12-4-2-3-9-8-13-10(5-6-15-13)7-11(9)12/h5-8,12,14H,2-4H2,1H3. The Morgan fingerprint density at radius 1 is 1.40 bits per heavy atom. The van der Waals surface area contributed by atoms with E-state index in [1.165, 1.54) is 34.9 Å². The van der Waals surface area contributed by atoms with E-state index < -0.39 is 0 Å². The van der Waals surface area contributed by atoms with E-state index in [-0.39, 0.29) is 0 Å². The van der Waals surface area contributed by atoms with E-state index in [9.17, 15) is 0 Å². The highest BCUT2D eigenvalue weighted by Crippen LogP contribution is 2.34. The molecule has 1 N–H and O–H groups in total. The molecule has 0 aliphatic heterocycles. The molecule has 0 amide bonds. The van der Waals surface area contributed by atoms with Gasteiger partial charge in [-0.25, -0.2) is 0 Å². The zero-order valence-corrected chi connectivity index (χ0v) is 9.73. The van der Waals surface area contributed by atoms with Crippen molar-refractivity contribution in [1.82, 2.24) is 5.32 Å². The van der Waals surface area contributed by atoms with Gasteiger partial charge in [0.2, 0.25) is 0 Å². The molecule has 2 heteroatoms. The van der Waals surface area contributed by atoms with Gasteiger partial charge in [-0.3, -0.25) is 0 Å². The Morgan fingerprint density at radius 2 is 2.33 bits per heavy atom. The number of hydrogen-bond acceptors (Lipinski definition) is 2. The molecule has 1 unspecified atom stereocenters. The average molecular weight is 217 g/mol. The summed E-state index contributed by atoms with van der Waals surface area (Å²) >= 11 is 1.85. The number of aryl methyl sites for hydroxylation is 1. The molecule has 0 saturated heterocycles. The molecule has 1 atom stereocenters. The van der Waals surface area contributed by atoms with E-state index in [1.54, 1.807) is 5.56 Å². The summed E-state index contributed by atoms with van der Waals surface area (Å²) in [4.78, 5) is 0. The van der Waals surface area contributed by atoms with Gasteiger partial charge in [-0.05, 0) is 66.4 Å². The molecule has 0 radical (unpaired) electrons. The normalized spacial score (nSPS) is 20.5. The summed E-state index contributed by atoms with van der Waals surface area (Å²) in [5.74, 6) is 0. The summed E-state index contributed by atoms with van der Waals surface area (Å²) in [6, 6.07) is 7.56. The first-order chi connectivity index (χ1) is 7.38. The molecule has 1 aliphatic rings. The number of fused-ring (bicyclic) bond motifs is 2. The van der Waals surface area contributed by atoms with E-state index in [1.807, 2.05) is 11.3 Å². The van der Waals surface area contributed by atoms with Crippen LogP contribution in [0, 0.1) is 0 Å². The van der Waals surface area contributed by atoms with Gasteiger partial charge in [-0.15, -0.1) is 11.3 Å². The third kappa shape index (κ3) is 1.48. The zero-order valence-electron chi connectivity index (χ0n) is 8.92. The number of nitrogens with one attached hydrogen (secondary N) is 1. The first kappa shape index (κ1) is 9.37. The fraction of sp³-hybridized carbons (Fsp3) is 0.385. The molecule has 1 aliphatic carbocycles. The second-order valence-electron chi connectivity index (χ2n) is 4.24. The molecule has 15 heavy (non-hydrogen) atoms. The highest BCUT2D eigenvalue weighted by molar-refractivity contribution is 7.17. The predicted octanol–water partition coefficient (Wildman–Crippen LogP) is 3.50. The minimum absolute atomic E-state index is 0.568. The van der Waals surface area contributed by atoms with E-state index in [0.29, 0.717) is 6.04 Å². The Bertz CT molecular complexity index is 486. The van der Waals surface area contributed by atoms with Crippen molar-refractivity contribution in [2.24, 2.45) is 0 Å². The van der Waals surface area contributed by atoms with Crippen LogP contribution in [0.25, 0.3) is 10.1 Å². The Kier molecular flexibility index (Phi) is 2.26. The minimum atomic E-state index is 0.568. The maximum absolute atomic E-state index is 3.42. The molecule has 1 heterocycles. The zero-order chi connectivity index (χ0) is 10.3. The quantitative estimate of drug-likeness (QED) is 0.771. The van der Waals surface area contributed by atoms with Crippen molar-refractivity contribution in [3.05, 3.63) is 34.7 Å². The molecule has 0 saturated carbocycles. The van der Waals surface area contributed by atoms with E-state index in [2.05, 4.69) is 35.9 Å². The van der Waals surface area contributed by atoms with E-state index in [0.717, 1.165) is 0 Å². The lowest BCUT2D eigenvalue weighted by Crippen LogP contribution is -2.21. The molecule has 1 nitrogen and oxygen atoms in total. The first-order valence-electron chi connectivity index (χ1n) is 5.56. The average Bonchev–Trinajstić information content (AvgIpc) is 2.72. The smallest absolute Gasteiger partial charge is 0.0345 e. The molecule has 3 rings (SSSR count). The van der Waals surface area contributed by atoms with Gasteiger partial charge in [0.1, 0.15) is 0 Å². The molecule has 0 spiro atoms. The second-order valence-corrected chi connectivity index (χ2v) is 5.19. The second kappa shape index (κ2) is 3.62. The minimum Gasteiger partial charge on any atom is -0.313 e. The van der Waals surface area contributed by atoms with Crippen molar-refractivity contribution >= 4 is 21.4 Å². The van der Waals surface area contributed by atoms with Crippen molar-refractivity contribution in [1.29, 1.82) is 0 Å². The van der Waals surface area contributed by atoms with Crippen LogP contribution in [-0.4, -0.2) is 7.05 Å². The van der Waals surface area contributed by atoms with Crippen molar-refractivity contribution < 1.29 is 0 Å². The van der Waals surface area contributed by atoms with Gasteiger partial charge < -0.3 is 5.32 Å². The fourth-order valence-corrected chi connectivity index (χ4v) is 3.40. The lowest BCUT2D eigenvalue weighted by atomic mass is 9.87. The summed E-state index contributed by atoms with van der Waals surface area (Å²) < 4.78 is 1.44. The Balaban J connectivity index is 2.20. The molecule has 2 aromatic rings. The topological polar surface area (TPSA) is 12.0 Å². The summed E-state index contributed by atoms with van der Waals surface area (Å²) in [7, 11) is 2.07. The van der Waals surface area contributed by atoms with Crippen molar-refractivity contribution in [2.75, 3.05) is 7.05 Å². The van der Waals surface area contributed by atoms with Crippen LogP contribution >= 0.6 is 11.3 Å². The van der Waals surface area contributed by atoms with Crippen molar-refractivity contribution in [3.8, 4) is 0 Å². The van der Waals surface area contributed by atoms with E-state index in [4.69, 9.17) is 0 Å². The Hall–Kier alpha value is -0.860. The maximum Gasteiger partial charge on any atom is 0.0345 e. The van der Waals surface area contributed by atoms with Crippen LogP contribution in [0.3, 0.4) is 0 Å². The highest BCUT2D eigenvalue weighted by Gasteiger charge is 2.19. The van der Waals surface area contributed by atoms with Gasteiger partial charge in [0.25, 0.3) is 0 Å². The van der Waals surface area contributed by atoms with Crippen LogP contribution in [0.15, 0.2) is 23.6 Å². The van der Waals surface area contributed by atoms with Gasteiger partial charge in [0.15, 0.2) is 0 Å². The third-order valence-corrected chi connectivity index (χ3v) is 4.26. The first-order valence-corrected chi connectivity index (χ1v) is 6.44. The molecule has 78 valence electrons. The van der Waals surface area contributed by atoms with Crippen molar-refractivity contribution in [2.45, 2.75) is 25.3 Å². The van der Waals surface area contributed by atoms with Crippen LogP contribution in [0.4, 0.5) is 0 Å². The van der Waals surface area contributed by atoms with Crippen LogP contribution < -0.4 is 5.32 Å². The molecule has 0 fully saturated rings. The van der Waals surface area contributed by atoms with Crippen LogP contribution in [0.1, 0.15) is 30.0 Å². The number of rotatable bonds is 1. The largest absolute Gasteiger partial charge is 0.313 e. The van der Waals surface area contributed by atoms with Gasteiger partial charge in [0, 0.05) is 10.7 Å². The SMILES string of the molecule is CNC1CCCc2cc3sccc3cc21. The van der Waals surface area contributed by atoms with Crippen LogP contribution in [0.2, 0.25) is 0 Å². The molecule has 1 aromatic carbocycles. The van der Waals surface area contributed by atoms with Gasteiger partial charge in [-0.2, -0.15) is 0 Å². The molecule has 0 bridgehead atoms. The number of hydrogen-bond donors (Lipinski definition) is 1. The molecular weight excluding hydrogens is 202 g/mol. The Morgan fingerprint density at radius 3 is 3.20 bits per heavy atom. The monoisotopic (exact) mass is 217 g/mol. The summed E-state index contributed by atoms with van der Waals surface area (Å²) in [6.07, 6.45) is 3.84.